The Kier molecular flexibility index (Phi) is 1.04. The predicted octanol–water partition coefficient (Wildman–Crippen LogP) is -0.161. The van der Waals surface area contributed by atoms with Crippen molar-refractivity contribution in [2.24, 2.45) is 0 Å². The Balaban J connectivity index is 2.89. The van der Waals surface area contributed by atoms with Crippen LogP contribution < -0.4 is 4.98 Å². The smallest absolute Gasteiger partial charge is 0.248 e. The molecule has 1 N–H and O–H groups in total. The van der Waals surface area contributed by atoms with E-state index in [1.807, 2.05) is 0 Å². The topological polar surface area (TPSA) is 52.8 Å². The van der Waals surface area contributed by atoms with Gasteiger partial charge in [0.05, 0.1) is 0 Å². The number of fused-ring (bicyclic) bond motifs is 1. The molecule has 0 saturated heterocycles. The Labute approximate surface area is 57.0 Å². The highest BCUT2D eigenvalue weighted by atomic mass is 14.9. The van der Waals surface area contributed by atoms with Crippen LogP contribution in [-0.2, 0) is 0 Å². The molecule has 2 aromatic rings. The van der Waals surface area contributed by atoms with Crippen molar-refractivity contribution < 1.29 is 4.98 Å². The molecule has 48 valence electrons. The molecule has 2 aromatic heterocycles. The molecular formula is C6H5N4+. The standard InChI is InChI=1S/C6H4N4/c1-2-9-6-5(8-1)3-7-4-10-6/h1-4H/p+1. The predicted molar refractivity (Wildman–Crippen MR) is 33.9 cm³/mol. The van der Waals surface area contributed by atoms with Gasteiger partial charge in [-0.3, -0.25) is 0 Å². The second-order valence-corrected chi connectivity index (χ2v) is 1.83. The highest BCUT2D eigenvalue weighted by molar-refractivity contribution is 5.65. The van der Waals surface area contributed by atoms with Crippen molar-refractivity contribution in [2.75, 3.05) is 0 Å². The monoisotopic (exact) mass is 133 g/mol. The fraction of sp³-hybridized carbons (Fsp3) is 0. The molecule has 0 aliphatic rings. The minimum absolute atomic E-state index is 0.668. The number of nitrogens with one attached hydrogen (secondary N) is 1. The number of rotatable bonds is 0. The SMILES string of the molecule is c1cnc2nc[nH+]cc2n1. The lowest BCUT2D eigenvalue weighted by atomic mass is 10.5. The number of aromatic nitrogens is 4. The quantitative estimate of drug-likeness (QED) is 0.501. The maximum absolute atomic E-state index is 4.02. The minimum Gasteiger partial charge on any atom is -0.248 e. The first-order chi connectivity index (χ1) is 4.97. The first-order valence-corrected chi connectivity index (χ1v) is 2.89. The molecule has 0 aromatic carbocycles. The average molecular weight is 133 g/mol. The van der Waals surface area contributed by atoms with E-state index in [1.54, 1.807) is 24.9 Å². The molecule has 0 saturated carbocycles. The Bertz CT molecular complexity index is 281. The van der Waals surface area contributed by atoms with Crippen LogP contribution in [0.25, 0.3) is 11.2 Å². The van der Waals surface area contributed by atoms with Gasteiger partial charge in [-0.05, 0) is 4.98 Å². The van der Waals surface area contributed by atoms with Crippen molar-refractivity contribution in [2.45, 2.75) is 0 Å². The van der Waals surface area contributed by atoms with E-state index in [0.29, 0.717) is 5.65 Å². The van der Waals surface area contributed by atoms with Gasteiger partial charge in [-0.25, -0.2) is 15.0 Å². The summed E-state index contributed by atoms with van der Waals surface area (Å²) in [5.74, 6) is 0. The molecule has 4 heteroatoms. The molecule has 0 aliphatic carbocycles. The second kappa shape index (κ2) is 1.98. The lowest BCUT2D eigenvalue weighted by molar-refractivity contribution is -0.380. The van der Waals surface area contributed by atoms with Crippen LogP contribution in [0, 0.1) is 0 Å². The lowest BCUT2D eigenvalue weighted by Crippen LogP contribution is -2.02. The van der Waals surface area contributed by atoms with Gasteiger partial charge < -0.3 is 0 Å². The Morgan fingerprint density at radius 2 is 2.00 bits per heavy atom. The van der Waals surface area contributed by atoms with Crippen LogP contribution in [0.2, 0.25) is 0 Å². The van der Waals surface area contributed by atoms with Gasteiger partial charge in [0.15, 0.2) is 5.52 Å². The van der Waals surface area contributed by atoms with Gasteiger partial charge in [0, 0.05) is 12.4 Å². The molecule has 0 bridgehead atoms. The fourth-order valence-electron chi connectivity index (χ4n) is 0.757. The highest BCUT2D eigenvalue weighted by Crippen LogP contribution is 1.96. The van der Waals surface area contributed by atoms with Gasteiger partial charge >= 0.3 is 0 Å². The minimum atomic E-state index is 0.668. The maximum Gasteiger partial charge on any atom is 0.295 e. The molecule has 2 rings (SSSR count). The molecule has 4 nitrogen and oxygen atoms in total. The Morgan fingerprint density at radius 3 is 2.90 bits per heavy atom. The molecule has 10 heavy (non-hydrogen) atoms. The van der Waals surface area contributed by atoms with Crippen LogP contribution in [0.5, 0.6) is 0 Å². The van der Waals surface area contributed by atoms with Crippen molar-refractivity contribution in [1.29, 1.82) is 0 Å². The first kappa shape index (κ1) is 5.22. The third-order valence-corrected chi connectivity index (χ3v) is 1.19. The molecule has 0 radical (unpaired) electrons. The third-order valence-electron chi connectivity index (χ3n) is 1.19. The highest BCUT2D eigenvalue weighted by Gasteiger charge is 1.98. The van der Waals surface area contributed by atoms with E-state index in [1.165, 1.54) is 0 Å². The van der Waals surface area contributed by atoms with Gasteiger partial charge in [-0.2, -0.15) is 0 Å². The zero-order valence-electron chi connectivity index (χ0n) is 5.15. The van der Waals surface area contributed by atoms with E-state index in [2.05, 4.69) is 19.9 Å². The summed E-state index contributed by atoms with van der Waals surface area (Å²) in [5.41, 5.74) is 1.45. The van der Waals surface area contributed by atoms with Crippen molar-refractivity contribution in [1.82, 2.24) is 15.0 Å². The first-order valence-electron chi connectivity index (χ1n) is 2.89. The zero-order valence-corrected chi connectivity index (χ0v) is 5.15. The molecule has 0 spiro atoms. The largest absolute Gasteiger partial charge is 0.295 e. The van der Waals surface area contributed by atoms with E-state index in [4.69, 9.17) is 0 Å². The van der Waals surface area contributed by atoms with Crippen LogP contribution in [0.1, 0.15) is 0 Å². The molecule has 0 aliphatic heterocycles. The number of hydrogen-bond acceptors (Lipinski definition) is 3. The maximum atomic E-state index is 4.02. The van der Waals surface area contributed by atoms with Crippen molar-refractivity contribution in [3.63, 3.8) is 0 Å². The lowest BCUT2D eigenvalue weighted by Gasteiger charge is -1.82. The van der Waals surface area contributed by atoms with Gasteiger partial charge in [-0.1, -0.05) is 0 Å². The Morgan fingerprint density at radius 1 is 1.10 bits per heavy atom. The van der Waals surface area contributed by atoms with E-state index in [0.717, 1.165) is 5.52 Å². The molecular weight excluding hydrogens is 128 g/mol. The summed E-state index contributed by atoms with van der Waals surface area (Å²) in [5, 5.41) is 0. The number of H-pyrrole nitrogens is 1. The molecule has 0 amide bonds. The number of hydrogen-bond donors (Lipinski definition) is 0. The fourth-order valence-corrected chi connectivity index (χ4v) is 0.757. The van der Waals surface area contributed by atoms with Crippen molar-refractivity contribution >= 4 is 11.2 Å². The second-order valence-electron chi connectivity index (χ2n) is 1.83. The summed E-state index contributed by atoms with van der Waals surface area (Å²) < 4.78 is 0. The third kappa shape index (κ3) is 0.699. The summed E-state index contributed by atoms with van der Waals surface area (Å²) >= 11 is 0. The van der Waals surface area contributed by atoms with E-state index in [-0.39, 0.29) is 0 Å². The molecule has 0 fully saturated rings. The van der Waals surface area contributed by atoms with Crippen molar-refractivity contribution in [3.05, 3.63) is 24.9 Å². The zero-order chi connectivity index (χ0) is 6.81. The van der Waals surface area contributed by atoms with E-state index in [9.17, 15) is 0 Å². The Hall–Kier alpha value is -1.58. The van der Waals surface area contributed by atoms with Gasteiger partial charge in [0.2, 0.25) is 0 Å². The number of aromatic amines is 1. The summed E-state index contributed by atoms with van der Waals surface area (Å²) in [7, 11) is 0. The summed E-state index contributed by atoms with van der Waals surface area (Å²) in [6.07, 6.45) is 6.60. The van der Waals surface area contributed by atoms with Gasteiger partial charge in [0.25, 0.3) is 12.0 Å². The molecule has 0 atom stereocenters. The van der Waals surface area contributed by atoms with Gasteiger partial charge in [-0.15, -0.1) is 0 Å². The van der Waals surface area contributed by atoms with Crippen LogP contribution in [0.15, 0.2) is 24.9 Å². The molecule has 0 unspecified atom stereocenters. The normalized spacial score (nSPS) is 10.0. The van der Waals surface area contributed by atoms with Crippen LogP contribution >= 0.6 is 0 Å². The van der Waals surface area contributed by atoms with Crippen LogP contribution in [0.4, 0.5) is 0 Å². The van der Waals surface area contributed by atoms with Crippen molar-refractivity contribution in [3.8, 4) is 0 Å². The van der Waals surface area contributed by atoms with Crippen LogP contribution in [0.3, 0.4) is 0 Å². The van der Waals surface area contributed by atoms with E-state index < -0.39 is 0 Å². The van der Waals surface area contributed by atoms with Crippen LogP contribution in [-0.4, -0.2) is 15.0 Å². The average Bonchev–Trinajstić information content (AvgIpc) is 2.05. The number of nitrogens with zero attached hydrogens (tertiary/aromatic N) is 3. The van der Waals surface area contributed by atoms with E-state index >= 15 is 0 Å². The van der Waals surface area contributed by atoms with Gasteiger partial charge in [0.1, 0.15) is 6.20 Å². The molecule has 2 heterocycles. The summed E-state index contributed by atoms with van der Waals surface area (Å²) in [4.78, 5) is 14.8. The summed E-state index contributed by atoms with van der Waals surface area (Å²) in [6, 6.07) is 0. The summed E-state index contributed by atoms with van der Waals surface area (Å²) in [6.45, 7) is 0.